The number of carbonyl (C=O) groups is 1. The maximum absolute atomic E-state index is 13.2. The third kappa shape index (κ3) is 21.1. The Hall–Kier alpha value is -3.66. The molecule has 1 fully saturated rings. The molecule has 1 amide bonds. The molecule has 0 radical (unpaired) electrons. The molecule has 0 saturated heterocycles. The Bertz CT molecular complexity index is 1750. The Labute approximate surface area is 405 Å². The number of amides is 1. The second kappa shape index (κ2) is 33.0. The lowest BCUT2D eigenvalue weighted by Gasteiger charge is -2.28. The Balaban J connectivity index is 1.14. The topological polar surface area (TPSA) is 198 Å². The van der Waals surface area contributed by atoms with E-state index in [9.17, 15) is 44.9 Å². The summed E-state index contributed by atoms with van der Waals surface area (Å²) in [6.07, 6.45) is 16.4. The fourth-order valence-electron chi connectivity index (χ4n) is 9.09. The van der Waals surface area contributed by atoms with Crippen molar-refractivity contribution >= 4 is 5.91 Å². The molecule has 1 aliphatic carbocycles. The summed E-state index contributed by atoms with van der Waals surface area (Å²) < 4.78 is 30.5. The van der Waals surface area contributed by atoms with Gasteiger partial charge >= 0.3 is 0 Å². The molecular formula is C55H84FNO11. The minimum atomic E-state index is -1.64. The van der Waals surface area contributed by atoms with Gasteiger partial charge in [0.15, 0.2) is 0 Å². The first-order valence-electron chi connectivity index (χ1n) is 25.8. The molecule has 0 bridgehead atoms. The summed E-state index contributed by atoms with van der Waals surface area (Å²) in [6, 6.07) is 19.8. The summed E-state index contributed by atoms with van der Waals surface area (Å²) in [5.74, 6) is -1.14. The van der Waals surface area contributed by atoms with Crippen LogP contribution >= 0.6 is 0 Å². The minimum Gasteiger partial charge on any atom is -0.465 e. The highest BCUT2D eigenvalue weighted by molar-refractivity contribution is 5.76. The van der Waals surface area contributed by atoms with Gasteiger partial charge in [0, 0.05) is 12.3 Å². The Morgan fingerprint density at radius 3 is 1.68 bits per heavy atom. The van der Waals surface area contributed by atoms with Crippen molar-refractivity contribution in [1.82, 2.24) is 5.32 Å². The highest BCUT2D eigenvalue weighted by Gasteiger charge is 2.52. The zero-order valence-electron chi connectivity index (χ0n) is 40.7. The molecule has 3 aromatic carbocycles. The molecule has 382 valence electrons. The number of nitrogens with one attached hydrogen (secondary N) is 1. The van der Waals surface area contributed by atoms with Crippen molar-refractivity contribution in [2.24, 2.45) is 11.8 Å². The zero-order valence-corrected chi connectivity index (χ0v) is 40.7. The van der Waals surface area contributed by atoms with Crippen LogP contribution in [0.5, 0.6) is 17.2 Å². The number of unbranched alkanes of at least 4 members (excludes halogenated alkanes) is 18. The SMILES string of the molecule is CCCCCCCCCCCCCC[C@@H](O)[C@@H](O)[C@H](COCc1ccc(O[C@@H](O)C2C(O)C(CO)[C@@H](O)C2O)cc1)NC(=O)CCCCCCCCCCc1ccc(Oc2ccc(F)cc2)cc1. The van der Waals surface area contributed by atoms with Crippen LogP contribution in [0.15, 0.2) is 72.8 Å². The van der Waals surface area contributed by atoms with Crippen molar-refractivity contribution in [2.45, 2.75) is 204 Å². The monoisotopic (exact) mass is 954 g/mol. The number of halogens is 1. The van der Waals surface area contributed by atoms with Crippen molar-refractivity contribution in [3.63, 3.8) is 0 Å². The molecular weight excluding hydrogens is 870 g/mol. The van der Waals surface area contributed by atoms with Gasteiger partial charge in [-0.2, -0.15) is 0 Å². The molecule has 4 rings (SSSR count). The van der Waals surface area contributed by atoms with Crippen LogP contribution in [-0.4, -0.2) is 97.7 Å². The average Bonchev–Trinajstić information content (AvgIpc) is 3.56. The number of aliphatic hydroxyl groups is 7. The molecule has 9 atom stereocenters. The van der Waals surface area contributed by atoms with Gasteiger partial charge in [-0.15, -0.1) is 0 Å². The summed E-state index contributed by atoms with van der Waals surface area (Å²) in [4.78, 5) is 13.2. The number of rotatable bonds is 37. The van der Waals surface area contributed by atoms with Crippen LogP contribution in [0.25, 0.3) is 0 Å². The van der Waals surface area contributed by atoms with Crippen LogP contribution < -0.4 is 14.8 Å². The maximum atomic E-state index is 13.2. The summed E-state index contributed by atoms with van der Waals surface area (Å²) in [7, 11) is 0. The van der Waals surface area contributed by atoms with Gasteiger partial charge in [-0.05, 0) is 85.3 Å². The molecule has 0 heterocycles. The Morgan fingerprint density at radius 1 is 0.618 bits per heavy atom. The predicted octanol–water partition coefficient (Wildman–Crippen LogP) is 9.20. The first-order valence-corrected chi connectivity index (χ1v) is 25.8. The van der Waals surface area contributed by atoms with Crippen molar-refractivity contribution in [3.8, 4) is 17.2 Å². The van der Waals surface area contributed by atoms with Gasteiger partial charge < -0.3 is 55.3 Å². The highest BCUT2D eigenvalue weighted by Crippen LogP contribution is 2.35. The van der Waals surface area contributed by atoms with E-state index in [1.807, 2.05) is 12.1 Å². The number of benzene rings is 3. The summed E-state index contributed by atoms with van der Waals surface area (Å²) in [5, 5.41) is 76.3. The fourth-order valence-corrected chi connectivity index (χ4v) is 9.09. The van der Waals surface area contributed by atoms with E-state index in [0.717, 1.165) is 88.4 Å². The first-order chi connectivity index (χ1) is 33.0. The van der Waals surface area contributed by atoms with Gasteiger partial charge in [0.2, 0.25) is 12.2 Å². The molecule has 4 unspecified atom stereocenters. The number of aliphatic hydroxyl groups excluding tert-OH is 7. The zero-order chi connectivity index (χ0) is 48.9. The molecule has 0 aliphatic heterocycles. The third-order valence-electron chi connectivity index (χ3n) is 13.4. The standard InChI is InChI=1S/C55H84FNO11/c1-2-3-4-5-6-7-8-9-10-14-17-20-23-48(59)53(63)47(39-66-38-41-27-33-45(34-28-41)68-55(65)50-51(61)46(37-58)52(62)54(50)64)57-49(60)24-21-18-15-12-11-13-16-19-22-40-25-31-43(32-26-40)67-44-35-29-42(56)30-36-44/h25-36,46-48,50-55,58-59,61-65H,2-24,37-39H2,1H3,(H,57,60)/t46?,47-,48+,50?,51?,52+,53-,54?,55+/m0/s1. The molecule has 0 spiro atoms. The largest absolute Gasteiger partial charge is 0.465 e. The van der Waals surface area contributed by atoms with Gasteiger partial charge in [0.25, 0.3) is 0 Å². The van der Waals surface area contributed by atoms with Crippen LogP contribution in [-0.2, 0) is 22.6 Å². The molecule has 12 nitrogen and oxygen atoms in total. The van der Waals surface area contributed by atoms with Gasteiger partial charge in [0.1, 0.15) is 29.2 Å². The maximum Gasteiger partial charge on any atom is 0.220 e. The van der Waals surface area contributed by atoms with Gasteiger partial charge in [-0.1, -0.05) is 147 Å². The van der Waals surface area contributed by atoms with E-state index in [0.29, 0.717) is 18.6 Å². The molecule has 13 heteroatoms. The van der Waals surface area contributed by atoms with E-state index in [4.69, 9.17) is 14.2 Å². The van der Waals surface area contributed by atoms with Crippen molar-refractivity contribution in [1.29, 1.82) is 0 Å². The van der Waals surface area contributed by atoms with Crippen LogP contribution in [0.3, 0.4) is 0 Å². The van der Waals surface area contributed by atoms with Crippen molar-refractivity contribution < 1.29 is 59.1 Å². The van der Waals surface area contributed by atoms with Crippen molar-refractivity contribution in [3.05, 3.63) is 89.7 Å². The van der Waals surface area contributed by atoms with E-state index >= 15 is 0 Å². The number of aryl methyl sites for hydroxylation is 1. The lowest BCUT2D eigenvalue weighted by Crippen LogP contribution is -2.51. The van der Waals surface area contributed by atoms with Crippen LogP contribution in [0.1, 0.15) is 159 Å². The molecule has 8 N–H and O–H groups in total. The van der Waals surface area contributed by atoms with Crippen molar-refractivity contribution in [2.75, 3.05) is 13.2 Å². The highest BCUT2D eigenvalue weighted by atomic mass is 19.1. The normalized spacial score (nSPS) is 19.9. The quantitative estimate of drug-likeness (QED) is 0.0203. The van der Waals surface area contributed by atoms with Gasteiger partial charge in [0.05, 0.1) is 56.2 Å². The van der Waals surface area contributed by atoms with E-state index in [1.54, 1.807) is 36.4 Å². The Kier molecular flexibility index (Phi) is 27.6. The second-order valence-electron chi connectivity index (χ2n) is 19.0. The first kappa shape index (κ1) is 56.9. The number of hydrogen-bond donors (Lipinski definition) is 8. The lowest BCUT2D eigenvalue weighted by atomic mass is 9.99. The van der Waals surface area contributed by atoms with E-state index in [2.05, 4.69) is 24.4 Å². The van der Waals surface area contributed by atoms with Crippen LogP contribution in [0.4, 0.5) is 4.39 Å². The second-order valence-corrected chi connectivity index (χ2v) is 19.0. The van der Waals surface area contributed by atoms with Gasteiger partial charge in [-0.25, -0.2) is 4.39 Å². The Morgan fingerprint density at radius 2 is 1.12 bits per heavy atom. The molecule has 3 aromatic rings. The van der Waals surface area contributed by atoms with E-state index in [-0.39, 0.29) is 30.7 Å². The average molecular weight is 954 g/mol. The van der Waals surface area contributed by atoms with Gasteiger partial charge in [-0.3, -0.25) is 4.79 Å². The number of carbonyl (C=O) groups excluding carboxylic acids is 1. The third-order valence-corrected chi connectivity index (χ3v) is 13.4. The van der Waals surface area contributed by atoms with E-state index < -0.39 is 61.3 Å². The lowest BCUT2D eigenvalue weighted by molar-refractivity contribution is -0.127. The molecule has 68 heavy (non-hydrogen) atoms. The number of ether oxygens (including phenoxy) is 3. The molecule has 1 aliphatic rings. The summed E-state index contributed by atoms with van der Waals surface area (Å²) in [6.45, 7) is 1.78. The molecule has 0 aromatic heterocycles. The van der Waals surface area contributed by atoms with E-state index in [1.165, 1.54) is 75.5 Å². The van der Waals surface area contributed by atoms with Crippen LogP contribution in [0, 0.1) is 17.7 Å². The predicted molar refractivity (Wildman–Crippen MR) is 263 cm³/mol. The minimum absolute atomic E-state index is 0.0254. The fraction of sp³-hybridized carbons (Fsp3) is 0.655. The smallest absolute Gasteiger partial charge is 0.220 e. The summed E-state index contributed by atoms with van der Waals surface area (Å²) >= 11 is 0. The van der Waals surface area contributed by atoms with Crippen LogP contribution in [0.2, 0.25) is 0 Å². The number of hydrogen-bond acceptors (Lipinski definition) is 11. The summed E-state index contributed by atoms with van der Waals surface area (Å²) in [5.41, 5.74) is 1.99. The molecule has 1 saturated carbocycles.